The van der Waals surface area contributed by atoms with Crippen LogP contribution in [0.25, 0.3) is 5.69 Å². The van der Waals surface area contributed by atoms with Crippen molar-refractivity contribution < 1.29 is 26.7 Å². The maximum absolute atomic E-state index is 14.1. The van der Waals surface area contributed by atoms with Crippen LogP contribution < -0.4 is 19.9 Å². The van der Waals surface area contributed by atoms with E-state index in [1.807, 2.05) is 23.1 Å². The molecule has 4 aromatic rings. The molecule has 1 saturated heterocycles. The van der Waals surface area contributed by atoms with E-state index in [9.17, 15) is 22.0 Å². The van der Waals surface area contributed by atoms with Crippen molar-refractivity contribution in [3.63, 3.8) is 0 Å². The van der Waals surface area contributed by atoms with Crippen molar-refractivity contribution in [1.82, 2.24) is 19.1 Å². The minimum absolute atomic E-state index is 0.0166. The van der Waals surface area contributed by atoms with Crippen LogP contribution in [0, 0.1) is 11.6 Å². The summed E-state index contributed by atoms with van der Waals surface area (Å²) >= 11 is 0. The zero-order valence-corrected chi connectivity index (χ0v) is 24.1. The monoisotopic (exact) mass is 609 g/mol. The zero-order valence-electron chi connectivity index (χ0n) is 23.3. The van der Waals surface area contributed by atoms with E-state index >= 15 is 0 Å². The maximum atomic E-state index is 14.1. The van der Waals surface area contributed by atoms with E-state index in [0.29, 0.717) is 24.6 Å². The lowest BCUT2D eigenvalue weighted by atomic mass is 9.89. The highest BCUT2D eigenvalue weighted by Crippen LogP contribution is 2.32. The zero-order chi connectivity index (χ0) is 30.1. The van der Waals surface area contributed by atoms with Gasteiger partial charge in [0.1, 0.15) is 29.2 Å². The molecule has 6 rings (SSSR count). The molecule has 13 heteroatoms. The van der Waals surface area contributed by atoms with Gasteiger partial charge in [-0.15, -0.1) is 0 Å². The van der Waals surface area contributed by atoms with Gasteiger partial charge in [-0.3, -0.25) is 4.79 Å². The summed E-state index contributed by atoms with van der Waals surface area (Å²) in [6, 6.07) is 13.3. The smallest absolute Gasteiger partial charge is 0.316 e. The van der Waals surface area contributed by atoms with Gasteiger partial charge in [-0.2, -0.15) is 14.1 Å². The molecule has 2 aliphatic rings. The summed E-state index contributed by atoms with van der Waals surface area (Å²) in [6.45, 7) is 0.806. The summed E-state index contributed by atoms with van der Waals surface area (Å²) in [6.07, 6.45) is 4.39. The van der Waals surface area contributed by atoms with Gasteiger partial charge in [-0.05, 0) is 60.4 Å². The number of ether oxygens (including phenoxy) is 2. The highest BCUT2D eigenvalue weighted by Gasteiger charge is 2.32. The van der Waals surface area contributed by atoms with Crippen molar-refractivity contribution in [3.05, 3.63) is 100 Å². The van der Waals surface area contributed by atoms with E-state index in [0.717, 1.165) is 34.5 Å². The van der Waals surface area contributed by atoms with Gasteiger partial charge in [0, 0.05) is 44.9 Å². The normalized spacial score (nSPS) is 17.4. The van der Waals surface area contributed by atoms with Crippen molar-refractivity contribution in [3.8, 4) is 17.2 Å². The van der Waals surface area contributed by atoms with E-state index in [4.69, 9.17) is 9.47 Å². The minimum Gasteiger partial charge on any atom is -0.497 e. The Hall–Kier alpha value is -4.36. The number of benzene rings is 2. The largest absolute Gasteiger partial charge is 0.497 e. The second-order valence-electron chi connectivity index (χ2n) is 10.4. The number of nitrogens with zero attached hydrogens (tertiary/aromatic N) is 5. The van der Waals surface area contributed by atoms with Gasteiger partial charge in [0.05, 0.1) is 19.0 Å². The molecule has 0 spiro atoms. The first-order chi connectivity index (χ1) is 20.7. The van der Waals surface area contributed by atoms with Gasteiger partial charge in [0.15, 0.2) is 5.03 Å². The molecular formula is C30H29F2N5O5S. The van der Waals surface area contributed by atoms with Gasteiger partial charge in [-0.1, -0.05) is 12.1 Å². The third-order valence-electron chi connectivity index (χ3n) is 7.71. The first kappa shape index (κ1) is 28.7. The molecular weight excluding hydrogens is 580 g/mol. The molecule has 2 aromatic heterocycles. The summed E-state index contributed by atoms with van der Waals surface area (Å²) in [4.78, 5) is 19.7. The number of sulfonamides is 1. The second-order valence-corrected chi connectivity index (χ2v) is 12.3. The molecule has 43 heavy (non-hydrogen) atoms. The average Bonchev–Trinajstić information content (AvgIpc) is 3.01. The predicted octanol–water partition coefficient (Wildman–Crippen LogP) is 3.36. The van der Waals surface area contributed by atoms with Crippen LogP contribution in [0.1, 0.15) is 17.5 Å². The molecule has 1 atom stereocenters. The lowest BCUT2D eigenvalue weighted by molar-refractivity contribution is 0.181. The lowest BCUT2D eigenvalue weighted by Crippen LogP contribution is -2.49. The predicted molar refractivity (Wildman–Crippen MR) is 154 cm³/mol. The molecule has 1 unspecified atom stereocenters. The first-order valence-corrected chi connectivity index (χ1v) is 15.2. The number of piperazine rings is 1. The van der Waals surface area contributed by atoms with Crippen molar-refractivity contribution in [2.45, 2.75) is 30.4 Å². The van der Waals surface area contributed by atoms with Gasteiger partial charge >= 0.3 is 5.56 Å². The Bertz CT molecular complexity index is 1790. The van der Waals surface area contributed by atoms with Gasteiger partial charge < -0.3 is 14.4 Å². The molecule has 0 bridgehead atoms. The number of hydrogen-bond donors (Lipinski definition) is 0. The summed E-state index contributed by atoms with van der Waals surface area (Å²) < 4.78 is 68.3. The number of hydrogen-bond acceptors (Lipinski definition) is 8. The third kappa shape index (κ3) is 5.82. The molecule has 2 aromatic carbocycles. The van der Waals surface area contributed by atoms with Crippen LogP contribution in [0.3, 0.4) is 0 Å². The van der Waals surface area contributed by atoms with Crippen LogP contribution in [0.15, 0.2) is 76.8 Å². The van der Waals surface area contributed by atoms with Crippen molar-refractivity contribution in [1.29, 1.82) is 0 Å². The fraction of sp³-hybridized carbons (Fsp3) is 0.300. The molecule has 0 amide bonds. The number of methoxy groups -OCH3 is 1. The SMILES string of the molecule is COc1ccc2c(c1)CC(Oc1c(N3CCN(S(=O)(=O)c4ccccn4)CC3)cnn(-c3cc(F)cc(F)c3)c1=O)CC2. The molecule has 0 radical (unpaired) electrons. The van der Waals surface area contributed by atoms with E-state index in [-0.39, 0.29) is 48.7 Å². The molecule has 0 saturated carbocycles. The fourth-order valence-corrected chi connectivity index (χ4v) is 6.86. The van der Waals surface area contributed by atoms with E-state index < -0.39 is 27.2 Å². The van der Waals surface area contributed by atoms with Crippen LogP contribution in [-0.2, 0) is 22.9 Å². The highest BCUT2D eigenvalue weighted by atomic mass is 32.2. The molecule has 1 fully saturated rings. The lowest BCUT2D eigenvalue weighted by Gasteiger charge is -2.36. The standard InChI is InChI=1S/C30H29F2N5O5S/c1-41-25-7-5-20-6-8-26(15-21(20)14-25)42-29-27(19-34-37(30(29)38)24-17-22(31)16-23(32)18-24)35-10-12-36(13-11-35)43(39,40)28-4-2-3-9-33-28/h2-5,7,9,14,16-19,26H,6,8,10-13,15H2,1H3. The number of aromatic nitrogens is 3. The number of fused-ring (bicyclic) bond motifs is 1. The van der Waals surface area contributed by atoms with E-state index in [1.54, 1.807) is 19.2 Å². The van der Waals surface area contributed by atoms with Crippen LogP contribution in [0.2, 0.25) is 0 Å². The highest BCUT2D eigenvalue weighted by molar-refractivity contribution is 7.89. The molecule has 10 nitrogen and oxygen atoms in total. The van der Waals surface area contributed by atoms with Gasteiger partial charge in [0.25, 0.3) is 10.0 Å². The molecule has 1 aliphatic heterocycles. The van der Waals surface area contributed by atoms with E-state index in [1.165, 1.54) is 28.3 Å². The Morgan fingerprint density at radius 1 is 0.953 bits per heavy atom. The van der Waals surface area contributed by atoms with Crippen molar-refractivity contribution >= 4 is 15.7 Å². The van der Waals surface area contributed by atoms with Crippen LogP contribution >= 0.6 is 0 Å². The summed E-state index contributed by atoms with van der Waals surface area (Å²) in [7, 11) is -2.19. The van der Waals surface area contributed by atoms with E-state index in [2.05, 4.69) is 10.1 Å². The Balaban J connectivity index is 1.32. The number of anilines is 1. The number of halogens is 2. The van der Waals surface area contributed by atoms with Crippen molar-refractivity contribution in [2.75, 3.05) is 38.2 Å². The molecule has 1 aliphatic carbocycles. The fourth-order valence-electron chi connectivity index (χ4n) is 5.51. The summed E-state index contributed by atoms with van der Waals surface area (Å²) in [5.41, 5.74) is 1.84. The Labute approximate surface area is 247 Å². The molecule has 224 valence electrons. The first-order valence-electron chi connectivity index (χ1n) is 13.8. The van der Waals surface area contributed by atoms with Gasteiger partial charge in [-0.25, -0.2) is 22.2 Å². The van der Waals surface area contributed by atoms with Crippen molar-refractivity contribution in [2.24, 2.45) is 0 Å². The summed E-state index contributed by atoms with van der Waals surface area (Å²) in [5.74, 6) is -0.994. The maximum Gasteiger partial charge on any atom is 0.316 e. The third-order valence-corrected chi connectivity index (χ3v) is 9.52. The Morgan fingerprint density at radius 2 is 1.72 bits per heavy atom. The number of pyridine rings is 1. The Kier molecular flexibility index (Phi) is 7.84. The Morgan fingerprint density at radius 3 is 2.42 bits per heavy atom. The number of rotatable bonds is 7. The second kappa shape index (κ2) is 11.7. The van der Waals surface area contributed by atoms with Crippen LogP contribution in [0.4, 0.5) is 14.5 Å². The molecule has 0 N–H and O–H groups in total. The minimum atomic E-state index is -3.79. The van der Waals surface area contributed by atoms with Gasteiger partial charge in [0.2, 0.25) is 5.75 Å². The summed E-state index contributed by atoms with van der Waals surface area (Å²) in [5, 5.41) is 4.19. The van der Waals surface area contributed by atoms with Crippen LogP contribution in [0.5, 0.6) is 11.5 Å². The van der Waals surface area contributed by atoms with Crippen LogP contribution in [-0.4, -0.2) is 66.9 Å². The topological polar surface area (TPSA) is 107 Å². The average molecular weight is 610 g/mol. The molecule has 3 heterocycles. The quantitative estimate of drug-likeness (QED) is 0.314. The number of aryl methyl sites for hydroxylation is 1.